The van der Waals surface area contributed by atoms with Crippen LogP contribution in [0.25, 0.3) is 0 Å². The fourth-order valence-electron chi connectivity index (χ4n) is 1.93. The minimum absolute atomic E-state index is 0.215. The summed E-state index contributed by atoms with van der Waals surface area (Å²) in [6.07, 6.45) is -6.08. The molecule has 0 aliphatic rings. The van der Waals surface area contributed by atoms with Crippen molar-refractivity contribution in [1.82, 2.24) is 0 Å². The zero-order valence-corrected chi connectivity index (χ0v) is 12.8. The number of nitrogens with one attached hydrogen (secondary N) is 1. The Bertz CT molecular complexity index is 702. The first-order valence-corrected chi connectivity index (χ1v) is 8.04. The number of benzene rings is 2. The van der Waals surface area contributed by atoms with E-state index in [9.17, 15) is 22.2 Å². The van der Waals surface area contributed by atoms with Crippen LogP contribution < -0.4 is 5.32 Å². The molecule has 0 saturated heterocycles. The van der Waals surface area contributed by atoms with E-state index in [1.807, 2.05) is 6.07 Å². The normalized spacial score (nSPS) is 12.7. The Labute approximate surface area is 134 Å². The van der Waals surface area contributed by atoms with Crippen LogP contribution in [0.15, 0.2) is 59.5 Å². The zero-order chi connectivity index (χ0) is 16.9. The lowest BCUT2D eigenvalue weighted by Gasteiger charge is -2.09. The fourth-order valence-corrected chi connectivity index (χ4v) is 3.04. The van der Waals surface area contributed by atoms with Crippen molar-refractivity contribution in [3.05, 3.63) is 60.2 Å². The van der Waals surface area contributed by atoms with Crippen LogP contribution in [0.2, 0.25) is 0 Å². The van der Waals surface area contributed by atoms with Gasteiger partial charge in [0.2, 0.25) is 5.91 Å². The van der Waals surface area contributed by atoms with Crippen molar-refractivity contribution in [3.8, 4) is 0 Å². The Morgan fingerprint density at radius 2 is 1.74 bits per heavy atom. The number of amides is 1. The molecule has 0 unspecified atom stereocenters. The molecule has 0 fully saturated rings. The number of halogens is 3. The van der Waals surface area contributed by atoms with Crippen LogP contribution in [0.5, 0.6) is 0 Å². The van der Waals surface area contributed by atoms with Crippen molar-refractivity contribution in [1.29, 1.82) is 0 Å². The average Bonchev–Trinajstić information content (AvgIpc) is 2.46. The van der Waals surface area contributed by atoms with Crippen LogP contribution in [0.4, 0.5) is 18.9 Å². The van der Waals surface area contributed by atoms with Crippen molar-refractivity contribution in [2.45, 2.75) is 23.2 Å². The quantitative estimate of drug-likeness (QED) is 0.897. The Balaban J connectivity index is 2.02. The molecule has 1 atom stereocenters. The smallest absolute Gasteiger partial charge is 0.326 e. The molecule has 122 valence electrons. The standard InChI is InChI=1S/C16H14F3NO2S/c17-16(18,19)10-15(21)20-13-6-4-5-12(9-13)11-23(22)14-7-2-1-3-8-14/h1-9H,10-11H2,(H,20,21)/t23-/m0/s1. The van der Waals surface area contributed by atoms with Crippen molar-refractivity contribution in [3.63, 3.8) is 0 Å². The Hall–Kier alpha value is -2.15. The van der Waals surface area contributed by atoms with Gasteiger partial charge < -0.3 is 5.32 Å². The summed E-state index contributed by atoms with van der Waals surface area (Å²) >= 11 is 0. The van der Waals surface area contributed by atoms with Crippen LogP contribution in [0.3, 0.4) is 0 Å². The van der Waals surface area contributed by atoms with E-state index in [1.165, 1.54) is 12.1 Å². The van der Waals surface area contributed by atoms with Gasteiger partial charge in [0.05, 0.1) is 16.6 Å². The van der Waals surface area contributed by atoms with Crippen LogP contribution in [-0.2, 0) is 21.3 Å². The summed E-state index contributed by atoms with van der Waals surface area (Å²) in [6, 6.07) is 15.2. The minimum atomic E-state index is -4.55. The second kappa shape index (κ2) is 7.41. The molecule has 0 aliphatic carbocycles. The van der Waals surface area contributed by atoms with E-state index >= 15 is 0 Å². The summed E-state index contributed by atoms with van der Waals surface area (Å²) in [4.78, 5) is 12.0. The maximum atomic E-state index is 12.2. The van der Waals surface area contributed by atoms with Crippen molar-refractivity contribution in [2.75, 3.05) is 5.32 Å². The lowest BCUT2D eigenvalue weighted by Crippen LogP contribution is -2.21. The van der Waals surface area contributed by atoms with Gasteiger partial charge in [-0.15, -0.1) is 0 Å². The molecule has 3 nitrogen and oxygen atoms in total. The molecule has 0 aromatic heterocycles. The molecular weight excluding hydrogens is 327 g/mol. The molecule has 1 amide bonds. The van der Waals surface area contributed by atoms with Crippen molar-refractivity contribution >= 4 is 22.4 Å². The summed E-state index contributed by atoms with van der Waals surface area (Å²) in [5, 5.41) is 2.19. The van der Waals surface area contributed by atoms with Gasteiger partial charge in [0.25, 0.3) is 0 Å². The van der Waals surface area contributed by atoms with Crippen LogP contribution in [0, 0.1) is 0 Å². The van der Waals surface area contributed by atoms with E-state index in [4.69, 9.17) is 0 Å². The van der Waals surface area contributed by atoms with Gasteiger partial charge >= 0.3 is 6.18 Å². The van der Waals surface area contributed by atoms with E-state index in [0.29, 0.717) is 10.5 Å². The summed E-state index contributed by atoms with van der Waals surface area (Å²) in [6.45, 7) is 0. The third-order valence-electron chi connectivity index (χ3n) is 2.88. The predicted octanol–water partition coefficient (Wildman–Crippen LogP) is 3.89. The van der Waals surface area contributed by atoms with Gasteiger partial charge in [0, 0.05) is 10.6 Å². The number of hydrogen-bond acceptors (Lipinski definition) is 2. The maximum absolute atomic E-state index is 12.2. The van der Waals surface area contributed by atoms with Crippen LogP contribution in [0.1, 0.15) is 12.0 Å². The molecule has 2 aromatic rings. The van der Waals surface area contributed by atoms with Gasteiger partial charge in [0.1, 0.15) is 6.42 Å². The third-order valence-corrected chi connectivity index (χ3v) is 4.27. The number of anilines is 1. The largest absolute Gasteiger partial charge is 0.397 e. The van der Waals surface area contributed by atoms with Crippen LogP contribution in [-0.4, -0.2) is 16.3 Å². The van der Waals surface area contributed by atoms with Gasteiger partial charge in [-0.05, 0) is 29.8 Å². The lowest BCUT2D eigenvalue weighted by atomic mass is 10.2. The molecule has 7 heteroatoms. The molecule has 0 heterocycles. The highest BCUT2D eigenvalue weighted by atomic mass is 32.2. The Morgan fingerprint density at radius 1 is 1.04 bits per heavy atom. The summed E-state index contributed by atoms with van der Waals surface area (Å²) in [5.74, 6) is -0.911. The first-order valence-electron chi connectivity index (χ1n) is 6.72. The topological polar surface area (TPSA) is 46.2 Å². The van der Waals surface area contributed by atoms with Gasteiger partial charge in [0.15, 0.2) is 0 Å². The fraction of sp³-hybridized carbons (Fsp3) is 0.188. The Kier molecular flexibility index (Phi) is 5.54. The van der Waals surface area contributed by atoms with Crippen molar-refractivity contribution in [2.24, 2.45) is 0 Å². The monoisotopic (exact) mass is 341 g/mol. The summed E-state index contributed by atoms with van der Waals surface area (Å²) in [5.41, 5.74) is 0.916. The molecule has 0 spiro atoms. The van der Waals surface area contributed by atoms with E-state index in [0.717, 1.165) is 0 Å². The highest BCUT2D eigenvalue weighted by Crippen LogP contribution is 2.21. The first kappa shape index (κ1) is 17.2. The number of carbonyl (C=O) groups is 1. The maximum Gasteiger partial charge on any atom is 0.397 e. The lowest BCUT2D eigenvalue weighted by molar-refractivity contribution is -0.150. The summed E-state index contributed by atoms with van der Waals surface area (Å²) < 4.78 is 48.7. The minimum Gasteiger partial charge on any atom is -0.326 e. The molecule has 0 radical (unpaired) electrons. The SMILES string of the molecule is O=C(CC(F)(F)F)Nc1cccc(C[S@](=O)c2ccccc2)c1. The molecule has 1 N–H and O–H groups in total. The van der Waals surface area contributed by atoms with E-state index in [-0.39, 0.29) is 11.4 Å². The molecule has 0 saturated carbocycles. The van der Waals surface area contributed by atoms with Crippen LogP contribution >= 0.6 is 0 Å². The van der Waals surface area contributed by atoms with Gasteiger partial charge in [-0.25, -0.2) is 0 Å². The van der Waals surface area contributed by atoms with Gasteiger partial charge in [-0.3, -0.25) is 9.00 Å². The predicted molar refractivity (Wildman–Crippen MR) is 82.3 cm³/mol. The van der Waals surface area contributed by atoms with Gasteiger partial charge in [-0.1, -0.05) is 30.3 Å². The molecule has 2 rings (SSSR count). The first-order chi connectivity index (χ1) is 10.8. The second-order valence-electron chi connectivity index (χ2n) is 4.84. The molecule has 2 aromatic carbocycles. The van der Waals surface area contributed by atoms with Gasteiger partial charge in [-0.2, -0.15) is 13.2 Å². The highest BCUT2D eigenvalue weighted by Gasteiger charge is 2.31. The molecule has 23 heavy (non-hydrogen) atoms. The summed E-state index contributed by atoms with van der Waals surface area (Å²) in [7, 11) is -1.26. The average molecular weight is 341 g/mol. The highest BCUT2D eigenvalue weighted by molar-refractivity contribution is 7.84. The second-order valence-corrected chi connectivity index (χ2v) is 6.29. The number of hydrogen-bond donors (Lipinski definition) is 1. The number of alkyl halides is 3. The molecule has 0 aliphatic heterocycles. The van der Waals surface area contributed by atoms with E-state index in [2.05, 4.69) is 5.32 Å². The Morgan fingerprint density at radius 3 is 2.39 bits per heavy atom. The van der Waals surface area contributed by atoms with Crippen molar-refractivity contribution < 1.29 is 22.2 Å². The van der Waals surface area contributed by atoms with E-state index < -0.39 is 29.3 Å². The van der Waals surface area contributed by atoms with E-state index in [1.54, 1.807) is 36.4 Å². The molecular formula is C16H14F3NO2S. The number of rotatable bonds is 5. The zero-order valence-electron chi connectivity index (χ0n) is 12.0. The third kappa shape index (κ3) is 5.86. The number of carbonyl (C=O) groups excluding carboxylic acids is 1. The molecule has 0 bridgehead atoms.